The third-order valence-corrected chi connectivity index (χ3v) is 5.02. The molecule has 3 aromatic rings. The minimum Gasteiger partial charge on any atom is -0.464 e. The molecule has 0 bridgehead atoms. The Kier molecular flexibility index (Phi) is 4.05. The largest absolute Gasteiger partial charge is 0.464 e. The molecule has 1 aliphatic heterocycles. The molecule has 0 aromatic carbocycles. The molecule has 1 fully saturated rings. The van der Waals surface area contributed by atoms with Gasteiger partial charge in [-0.3, -0.25) is 4.79 Å². The van der Waals surface area contributed by atoms with Gasteiger partial charge in [-0.2, -0.15) is 5.10 Å². The average Bonchev–Trinajstić information content (AvgIpc) is 3.31. The van der Waals surface area contributed by atoms with Crippen LogP contribution in [0.2, 0.25) is 0 Å². The summed E-state index contributed by atoms with van der Waals surface area (Å²) >= 11 is 0. The lowest BCUT2D eigenvalue weighted by Crippen LogP contribution is -2.30. The van der Waals surface area contributed by atoms with E-state index in [2.05, 4.69) is 23.9 Å². The number of nitrogens with zero attached hydrogens (tertiary/aromatic N) is 4. The minimum absolute atomic E-state index is 0.000125. The van der Waals surface area contributed by atoms with E-state index in [1.165, 1.54) is 0 Å². The molecule has 1 unspecified atom stereocenters. The molecule has 1 amide bonds. The van der Waals surface area contributed by atoms with Crippen molar-refractivity contribution in [3.8, 4) is 0 Å². The number of furan rings is 1. The number of rotatable bonds is 3. The molecular formula is C20H24N4O2. The zero-order valence-electron chi connectivity index (χ0n) is 15.7. The van der Waals surface area contributed by atoms with Crippen LogP contribution in [0.4, 0.5) is 0 Å². The highest BCUT2D eigenvalue weighted by Gasteiger charge is 2.33. The first-order chi connectivity index (χ1) is 12.5. The number of fused-ring (bicyclic) bond motifs is 1. The zero-order chi connectivity index (χ0) is 18.4. The topological polar surface area (TPSA) is 64.2 Å². The Morgan fingerprint density at radius 2 is 2.12 bits per heavy atom. The highest BCUT2D eigenvalue weighted by molar-refractivity contribution is 6.05. The van der Waals surface area contributed by atoms with Crippen molar-refractivity contribution in [2.75, 3.05) is 6.54 Å². The number of likely N-dealkylation sites (tertiary alicyclic amines) is 1. The molecule has 0 saturated carbocycles. The summed E-state index contributed by atoms with van der Waals surface area (Å²) in [5.74, 6) is 1.77. The third-order valence-electron chi connectivity index (χ3n) is 5.02. The van der Waals surface area contributed by atoms with Gasteiger partial charge in [-0.05, 0) is 58.7 Å². The van der Waals surface area contributed by atoms with Crippen LogP contribution in [0.5, 0.6) is 0 Å². The predicted octanol–water partition coefficient (Wildman–Crippen LogP) is 4.20. The van der Waals surface area contributed by atoms with Gasteiger partial charge in [0, 0.05) is 18.3 Å². The molecule has 0 spiro atoms. The summed E-state index contributed by atoms with van der Waals surface area (Å²) in [5.41, 5.74) is 2.27. The van der Waals surface area contributed by atoms with Crippen LogP contribution in [0, 0.1) is 13.8 Å². The maximum Gasteiger partial charge on any atom is 0.255 e. The smallest absolute Gasteiger partial charge is 0.255 e. The molecule has 26 heavy (non-hydrogen) atoms. The number of hydrogen-bond acceptors (Lipinski definition) is 4. The number of hydrogen-bond donors (Lipinski definition) is 0. The Morgan fingerprint density at radius 3 is 2.81 bits per heavy atom. The highest BCUT2D eigenvalue weighted by atomic mass is 16.3. The standard InChI is InChI=1S/C20H24N4O2/c1-12(2)24-19-16(11-21-24)15(10-13(3)22-19)20(25)23-9-5-6-17(23)18-8-7-14(4)26-18/h7-8,10-12,17H,5-6,9H2,1-4H3. The Hall–Kier alpha value is -2.63. The molecular weight excluding hydrogens is 328 g/mol. The van der Waals surface area contributed by atoms with Gasteiger partial charge in [-0.15, -0.1) is 0 Å². The van der Waals surface area contributed by atoms with E-state index >= 15 is 0 Å². The summed E-state index contributed by atoms with van der Waals surface area (Å²) in [4.78, 5) is 20.0. The van der Waals surface area contributed by atoms with E-state index in [1.54, 1.807) is 6.20 Å². The Labute approximate surface area is 152 Å². The van der Waals surface area contributed by atoms with Crippen LogP contribution < -0.4 is 0 Å². The lowest BCUT2D eigenvalue weighted by atomic mass is 10.1. The number of carbonyl (C=O) groups is 1. The van der Waals surface area contributed by atoms with Gasteiger partial charge >= 0.3 is 0 Å². The van der Waals surface area contributed by atoms with Crippen LogP contribution in [0.25, 0.3) is 11.0 Å². The second-order valence-corrected chi connectivity index (χ2v) is 7.34. The van der Waals surface area contributed by atoms with Crippen LogP contribution in [0.3, 0.4) is 0 Å². The molecule has 1 saturated heterocycles. The zero-order valence-corrected chi connectivity index (χ0v) is 15.7. The summed E-state index contributed by atoms with van der Waals surface area (Å²) in [6, 6.07) is 6.00. The predicted molar refractivity (Wildman–Crippen MR) is 99.1 cm³/mol. The molecule has 4 heterocycles. The fraction of sp³-hybridized carbons (Fsp3) is 0.450. The molecule has 3 aromatic heterocycles. The van der Waals surface area contributed by atoms with Crippen LogP contribution in [-0.2, 0) is 0 Å². The molecule has 0 aliphatic carbocycles. The Bertz CT molecular complexity index is 970. The van der Waals surface area contributed by atoms with E-state index in [0.29, 0.717) is 5.56 Å². The fourth-order valence-electron chi connectivity index (χ4n) is 3.79. The molecule has 0 N–H and O–H groups in total. The number of aryl methyl sites for hydroxylation is 2. The third kappa shape index (κ3) is 2.69. The van der Waals surface area contributed by atoms with Gasteiger partial charge in [0.15, 0.2) is 5.65 Å². The lowest BCUT2D eigenvalue weighted by Gasteiger charge is -2.23. The molecule has 6 heteroatoms. The van der Waals surface area contributed by atoms with E-state index < -0.39 is 0 Å². The fourth-order valence-corrected chi connectivity index (χ4v) is 3.79. The second-order valence-electron chi connectivity index (χ2n) is 7.34. The van der Waals surface area contributed by atoms with Gasteiger partial charge in [-0.1, -0.05) is 0 Å². The normalized spacial score (nSPS) is 17.6. The van der Waals surface area contributed by atoms with Gasteiger partial charge in [0.25, 0.3) is 5.91 Å². The number of carbonyl (C=O) groups excluding carboxylic acids is 1. The second kappa shape index (κ2) is 6.27. The van der Waals surface area contributed by atoms with E-state index in [4.69, 9.17) is 4.42 Å². The van der Waals surface area contributed by atoms with Gasteiger partial charge in [0.2, 0.25) is 0 Å². The number of amides is 1. The van der Waals surface area contributed by atoms with Crippen molar-refractivity contribution >= 4 is 16.9 Å². The van der Waals surface area contributed by atoms with Crippen molar-refractivity contribution in [1.82, 2.24) is 19.7 Å². The maximum atomic E-state index is 13.4. The van der Waals surface area contributed by atoms with Crippen LogP contribution in [-0.4, -0.2) is 32.1 Å². The van der Waals surface area contributed by atoms with Crippen LogP contribution >= 0.6 is 0 Å². The van der Waals surface area contributed by atoms with Gasteiger partial charge in [-0.25, -0.2) is 9.67 Å². The van der Waals surface area contributed by atoms with Crippen molar-refractivity contribution in [3.05, 3.63) is 47.2 Å². The van der Waals surface area contributed by atoms with Gasteiger partial charge in [0.05, 0.1) is 23.2 Å². The lowest BCUT2D eigenvalue weighted by molar-refractivity contribution is 0.0721. The first-order valence-electron chi connectivity index (χ1n) is 9.18. The highest BCUT2D eigenvalue weighted by Crippen LogP contribution is 2.35. The van der Waals surface area contributed by atoms with E-state index in [0.717, 1.165) is 47.6 Å². The molecule has 0 radical (unpaired) electrons. The number of aromatic nitrogens is 3. The molecule has 1 atom stereocenters. The van der Waals surface area contributed by atoms with Crippen molar-refractivity contribution in [2.24, 2.45) is 0 Å². The van der Waals surface area contributed by atoms with E-state index in [1.807, 2.05) is 41.6 Å². The van der Waals surface area contributed by atoms with Crippen molar-refractivity contribution in [2.45, 2.75) is 52.6 Å². The molecule has 6 nitrogen and oxygen atoms in total. The van der Waals surface area contributed by atoms with Gasteiger partial charge in [0.1, 0.15) is 11.5 Å². The van der Waals surface area contributed by atoms with Crippen LogP contribution in [0.1, 0.15) is 66.3 Å². The summed E-state index contributed by atoms with van der Waals surface area (Å²) < 4.78 is 7.68. The monoisotopic (exact) mass is 352 g/mol. The first-order valence-corrected chi connectivity index (χ1v) is 9.18. The average molecular weight is 352 g/mol. The Balaban J connectivity index is 1.76. The van der Waals surface area contributed by atoms with Crippen molar-refractivity contribution < 1.29 is 9.21 Å². The maximum absolute atomic E-state index is 13.4. The van der Waals surface area contributed by atoms with Gasteiger partial charge < -0.3 is 9.32 Å². The van der Waals surface area contributed by atoms with Crippen molar-refractivity contribution in [3.63, 3.8) is 0 Å². The summed E-state index contributed by atoms with van der Waals surface area (Å²) in [5, 5.41) is 5.27. The summed E-state index contributed by atoms with van der Waals surface area (Å²) in [6.45, 7) is 8.72. The quantitative estimate of drug-likeness (QED) is 0.709. The summed E-state index contributed by atoms with van der Waals surface area (Å²) in [7, 11) is 0. The van der Waals surface area contributed by atoms with E-state index in [9.17, 15) is 4.79 Å². The SMILES string of the molecule is Cc1cc(C(=O)N2CCCC2c2ccc(C)o2)c2cnn(C(C)C)c2n1. The Morgan fingerprint density at radius 1 is 1.31 bits per heavy atom. The molecule has 1 aliphatic rings. The first kappa shape index (κ1) is 16.8. The van der Waals surface area contributed by atoms with Crippen molar-refractivity contribution in [1.29, 1.82) is 0 Å². The molecule has 136 valence electrons. The number of pyridine rings is 1. The minimum atomic E-state index is -0.000125. The van der Waals surface area contributed by atoms with E-state index in [-0.39, 0.29) is 18.0 Å². The molecule has 4 rings (SSSR count). The summed E-state index contributed by atoms with van der Waals surface area (Å²) in [6.07, 6.45) is 3.67. The van der Waals surface area contributed by atoms with Crippen LogP contribution in [0.15, 0.2) is 28.8 Å².